The number of aliphatic hydroxyl groups excluding tert-OH is 1. The van der Waals surface area contributed by atoms with Gasteiger partial charge in [-0.3, -0.25) is 0 Å². The molecule has 2 rings (SSSR count). The molecule has 0 aliphatic rings. The molecule has 3 N–H and O–H groups in total. The maximum Gasteiger partial charge on any atom is 0.115 e. The lowest BCUT2D eigenvalue weighted by atomic mass is 10.0. The van der Waals surface area contributed by atoms with Gasteiger partial charge in [0.15, 0.2) is 0 Å². The molecule has 20 heavy (non-hydrogen) atoms. The zero-order valence-electron chi connectivity index (χ0n) is 11.7. The predicted molar refractivity (Wildman–Crippen MR) is 80.7 cm³/mol. The number of phenols is 1. The van der Waals surface area contributed by atoms with Gasteiger partial charge < -0.3 is 15.5 Å². The summed E-state index contributed by atoms with van der Waals surface area (Å²) in [6, 6.07) is 17.4. The summed E-state index contributed by atoms with van der Waals surface area (Å²) < 4.78 is 0. The molecular weight excluding hydrogens is 250 g/mol. The predicted octanol–water partition coefficient (Wildman–Crippen LogP) is 2.65. The molecule has 0 spiro atoms. The Morgan fingerprint density at radius 3 is 2.45 bits per heavy atom. The summed E-state index contributed by atoms with van der Waals surface area (Å²) in [4.78, 5) is 0. The summed E-state index contributed by atoms with van der Waals surface area (Å²) >= 11 is 0. The van der Waals surface area contributed by atoms with Crippen molar-refractivity contribution >= 4 is 0 Å². The summed E-state index contributed by atoms with van der Waals surface area (Å²) in [5.74, 6) is 0.264. The second-order valence-corrected chi connectivity index (χ2v) is 5.05. The summed E-state index contributed by atoms with van der Waals surface area (Å²) in [5.41, 5.74) is 2.21. The summed E-state index contributed by atoms with van der Waals surface area (Å²) in [6.45, 7) is 2.11. The molecule has 1 unspecified atom stereocenters. The van der Waals surface area contributed by atoms with Crippen LogP contribution in [-0.4, -0.2) is 22.9 Å². The fourth-order valence-corrected chi connectivity index (χ4v) is 2.32. The molecule has 2 aromatic rings. The van der Waals surface area contributed by atoms with Gasteiger partial charge >= 0.3 is 0 Å². The van der Waals surface area contributed by atoms with Crippen LogP contribution in [0.25, 0.3) is 0 Å². The molecule has 0 radical (unpaired) electrons. The van der Waals surface area contributed by atoms with Crippen molar-refractivity contribution in [3.63, 3.8) is 0 Å². The largest absolute Gasteiger partial charge is 0.508 e. The van der Waals surface area contributed by atoms with Gasteiger partial charge in [0.1, 0.15) is 5.75 Å². The first kappa shape index (κ1) is 14.6. The maximum atomic E-state index is 9.53. The van der Waals surface area contributed by atoms with E-state index in [9.17, 15) is 10.2 Å². The van der Waals surface area contributed by atoms with Crippen molar-refractivity contribution in [2.45, 2.75) is 25.4 Å². The van der Waals surface area contributed by atoms with Crippen LogP contribution in [0.1, 0.15) is 24.1 Å². The van der Waals surface area contributed by atoms with Gasteiger partial charge in [0, 0.05) is 12.1 Å². The third-order valence-corrected chi connectivity index (χ3v) is 3.40. The number of hydrogen-bond donors (Lipinski definition) is 3. The number of benzene rings is 2. The molecule has 0 aliphatic heterocycles. The highest BCUT2D eigenvalue weighted by atomic mass is 16.3. The van der Waals surface area contributed by atoms with E-state index < -0.39 is 0 Å². The molecule has 3 heteroatoms. The molecule has 0 aliphatic carbocycles. The smallest absolute Gasteiger partial charge is 0.115 e. The number of nitrogens with one attached hydrogen (secondary N) is 1. The van der Waals surface area contributed by atoms with Gasteiger partial charge in [0.05, 0.1) is 6.61 Å². The Labute approximate surface area is 119 Å². The van der Waals surface area contributed by atoms with E-state index in [-0.39, 0.29) is 24.4 Å². The monoisotopic (exact) mass is 271 g/mol. The standard InChI is InChI=1S/C17H21NO2/c1-13(15-8-5-9-17(20)11-15)18-16(12-19)10-14-6-3-2-4-7-14/h2-9,11,13,16,18-20H,10,12H2,1H3/t13?,16-/m1/s1. The topological polar surface area (TPSA) is 52.5 Å². The molecular formula is C17H21NO2. The van der Waals surface area contributed by atoms with Crippen molar-refractivity contribution in [1.29, 1.82) is 0 Å². The van der Waals surface area contributed by atoms with Crippen LogP contribution in [0.15, 0.2) is 54.6 Å². The normalized spacial score (nSPS) is 13.9. The van der Waals surface area contributed by atoms with Crippen LogP contribution in [0.4, 0.5) is 0 Å². The van der Waals surface area contributed by atoms with Crippen molar-refractivity contribution in [2.75, 3.05) is 6.61 Å². The third kappa shape index (κ3) is 4.08. The first-order valence-electron chi connectivity index (χ1n) is 6.89. The summed E-state index contributed by atoms with van der Waals surface area (Å²) in [7, 11) is 0. The van der Waals surface area contributed by atoms with Gasteiger partial charge in [-0.05, 0) is 36.6 Å². The van der Waals surface area contributed by atoms with Crippen molar-refractivity contribution in [3.8, 4) is 5.75 Å². The lowest BCUT2D eigenvalue weighted by Crippen LogP contribution is -2.36. The highest BCUT2D eigenvalue weighted by Gasteiger charge is 2.13. The minimum atomic E-state index is -0.00486. The lowest BCUT2D eigenvalue weighted by Gasteiger charge is -2.22. The van der Waals surface area contributed by atoms with Crippen molar-refractivity contribution in [2.24, 2.45) is 0 Å². The van der Waals surface area contributed by atoms with E-state index in [1.165, 1.54) is 5.56 Å². The van der Waals surface area contributed by atoms with Crippen molar-refractivity contribution in [3.05, 3.63) is 65.7 Å². The SMILES string of the molecule is CC(N[C@@H](CO)Cc1ccccc1)c1cccc(O)c1. The van der Waals surface area contributed by atoms with Crippen LogP contribution in [0.3, 0.4) is 0 Å². The Morgan fingerprint density at radius 1 is 1.05 bits per heavy atom. The lowest BCUT2D eigenvalue weighted by molar-refractivity contribution is 0.232. The van der Waals surface area contributed by atoms with Gasteiger partial charge in [-0.2, -0.15) is 0 Å². The number of aliphatic hydroxyl groups is 1. The molecule has 0 aromatic heterocycles. The Hall–Kier alpha value is -1.84. The Kier molecular flexibility index (Phi) is 5.16. The molecule has 106 valence electrons. The fraction of sp³-hybridized carbons (Fsp3) is 0.294. The van der Waals surface area contributed by atoms with Crippen LogP contribution in [0.2, 0.25) is 0 Å². The summed E-state index contributed by atoms with van der Waals surface area (Å²) in [6.07, 6.45) is 0.778. The molecule has 0 heterocycles. The van der Waals surface area contributed by atoms with Crippen molar-refractivity contribution < 1.29 is 10.2 Å². The second-order valence-electron chi connectivity index (χ2n) is 5.05. The zero-order chi connectivity index (χ0) is 14.4. The molecule has 2 atom stereocenters. The number of rotatable bonds is 6. The van der Waals surface area contributed by atoms with E-state index in [0.29, 0.717) is 0 Å². The molecule has 0 fully saturated rings. The molecule has 0 amide bonds. The van der Waals surface area contributed by atoms with Crippen LogP contribution >= 0.6 is 0 Å². The van der Waals surface area contributed by atoms with E-state index in [2.05, 4.69) is 17.4 Å². The fourth-order valence-electron chi connectivity index (χ4n) is 2.32. The number of hydrogen-bond acceptors (Lipinski definition) is 3. The van der Waals surface area contributed by atoms with Gasteiger partial charge in [-0.25, -0.2) is 0 Å². The minimum absolute atomic E-state index is 0.00486. The second kappa shape index (κ2) is 7.08. The van der Waals surface area contributed by atoms with E-state index in [1.54, 1.807) is 12.1 Å². The van der Waals surface area contributed by atoms with Crippen LogP contribution in [0.5, 0.6) is 5.75 Å². The van der Waals surface area contributed by atoms with E-state index in [0.717, 1.165) is 12.0 Å². The number of phenolic OH excluding ortho intramolecular Hbond substituents is 1. The van der Waals surface area contributed by atoms with Gasteiger partial charge in [0.25, 0.3) is 0 Å². The summed E-state index contributed by atoms with van der Waals surface area (Å²) in [5, 5.41) is 22.4. The molecule has 0 saturated carbocycles. The van der Waals surface area contributed by atoms with Crippen LogP contribution < -0.4 is 5.32 Å². The molecule has 2 aromatic carbocycles. The molecule has 3 nitrogen and oxygen atoms in total. The average Bonchev–Trinajstić information content (AvgIpc) is 2.47. The average molecular weight is 271 g/mol. The Balaban J connectivity index is 1.99. The van der Waals surface area contributed by atoms with Gasteiger partial charge in [-0.1, -0.05) is 42.5 Å². The molecule has 0 bridgehead atoms. The number of aromatic hydroxyl groups is 1. The quantitative estimate of drug-likeness (QED) is 0.757. The highest BCUT2D eigenvalue weighted by molar-refractivity contribution is 5.29. The third-order valence-electron chi connectivity index (χ3n) is 3.40. The van der Waals surface area contributed by atoms with Gasteiger partial charge in [-0.15, -0.1) is 0 Å². The van der Waals surface area contributed by atoms with E-state index in [1.807, 2.05) is 37.3 Å². The first-order chi connectivity index (χ1) is 9.69. The Bertz CT molecular complexity index is 528. The van der Waals surface area contributed by atoms with E-state index in [4.69, 9.17) is 0 Å². The van der Waals surface area contributed by atoms with Crippen molar-refractivity contribution in [1.82, 2.24) is 5.32 Å². The minimum Gasteiger partial charge on any atom is -0.508 e. The Morgan fingerprint density at radius 2 is 1.80 bits per heavy atom. The first-order valence-corrected chi connectivity index (χ1v) is 6.89. The molecule has 0 saturated heterocycles. The maximum absolute atomic E-state index is 9.53. The van der Waals surface area contributed by atoms with E-state index >= 15 is 0 Å². The van der Waals surface area contributed by atoms with Crippen LogP contribution in [0, 0.1) is 0 Å². The highest BCUT2D eigenvalue weighted by Crippen LogP contribution is 2.18. The zero-order valence-corrected chi connectivity index (χ0v) is 11.7. The van der Waals surface area contributed by atoms with Crippen LogP contribution in [-0.2, 0) is 6.42 Å². The van der Waals surface area contributed by atoms with Gasteiger partial charge in [0.2, 0.25) is 0 Å².